The van der Waals surface area contributed by atoms with Gasteiger partial charge in [-0.1, -0.05) is 30.3 Å². The standard InChI is InChI=1S/C20H18N4O2/c25-20(17-12-22-19(23-13-17)16-7-4-8-21-11-16)24-9-10-26-18(14-24)15-5-2-1-3-6-15/h1-8,11-13,18H,9-10,14H2/t18-/m1/s1. The van der Waals surface area contributed by atoms with E-state index in [0.29, 0.717) is 31.1 Å². The van der Waals surface area contributed by atoms with Crippen LogP contribution in [0.15, 0.2) is 67.3 Å². The van der Waals surface area contributed by atoms with E-state index >= 15 is 0 Å². The van der Waals surface area contributed by atoms with E-state index in [1.54, 1.807) is 29.7 Å². The summed E-state index contributed by atoms with van der Waals surface area (Å²) in [5, 5.41) is 0. The third-order valence-corrected chi connectivity index (χ3v) is 4.34. The molecule has 0 saturated carbocycles. The van der Waals surface area contributed by atoms with Crippen molar-refractivity contribution in [3.8, 4) is 11.4 Å². The van der Waals surface area contributed by atoms with E-state index in [2.05, 4.69) is 15.0 Å². The topological polar surface area (TPSA) is 68.2 Å². The van der Waals surface area contributed by atoms with Crippen LogP contribution >= 0.6 is 0 Å². The van der Waals surface area contributed by atoms with Crippen molar-refractivity contribution in [2.75, 3.05) is 19.7 Å². The Morgan fingerprint density at radius 3 is 2.58 bits per heavy atom. The molecule has 1 aromatic carbocycles. The van der Waals surface area contributed by atoms with Crippen molar-refractivity contribution in [3.05, 3.63) is 78.4 Å². The smallest absolute Gasteiger partial charge is 0.257 e. The molecule has 6 heteroatoms. The fourth-order valence-corrected chi connectivity index (χ4v) is 2.97. The number of carbonyl (C=O) groups is 1. The minimum absolute atomic E-state index is 0.0769. The molecule has 1 atom stereocenters. The first-order chi connectivity index (χ1) is 12.8. The number of carbonyl (C=O) groups excluding carboxylic acids is 1. The van der Waals surface area contributed by atoms with Crippen molar-refractivity contribution < 1.29 is 9.53 Å². The van der Waals surface area contributed by atoms with E-state index in [1.807, 2.05) is 42.5 Å². The zero-order valence-corrected chi connectivity index (χ0v) is 14.2. The number of amides is 1. The fourth-order valence-electron chi connectivity index (χ4n) is 2.97. The molecule has 0 bridgehead atoms. The van der Waals surface area contributed by atoms with E-state index in [4.69, 9.17) is 4.74 Å². The van der Waals surface area contributed by atoms with Crippen LogP contribution in [0.5, 0.6) is 0 Å². The number of nitrogens with zero attached hydrogens (tertiary/aromatic N) is 4. The molecule has 0 aliphatic carbocycles. The number of hydrogen-bond acceptors (Lipinski definition) is 5. The van der Waals surface area contributed by atoms with Gasteiger partial charge >= 0.3 is 0 Å². The largest absolute Gasteiger partial charge is 0.370 e. The number of aromatic nitrogens is 3. The Morgan fingerprint density at radius 2 is 1.85 bits per heavy atom. The zero-order valence-electron chi connectivity index (χ0n) is 14.2. The highest BCUT2D eigenvalue weighted by atomic mass is 16.5. The minimum atomic E-state index is -0.107. The maximum absolute atomic E-state index is 12.8. The molecule has 0 radical (unpaired) electrons. The van der Waals surface area contributed by atoms with Crippen LogP contribution in [0.4, 0.5) is 0 Å². The Labute approximate surface area is 151 Å². The van der Waals surface area contributed by atoms with Crippen molar-refractivity contribution in [2.45, 2.75) is 6.10 Å². The van der Waals surface area contributed by atoms with E-state index in [-0.39, 0.29) is 12.0 Å². The summed E-state index contributed by atoms with van der Waals surface area (Å²) in [6.07, 6.45) is 6.44. The maximum atomic E-state index is 12.8. The van der Waals surface area contributed by atoms with Gasteiger partial charge in [0.2, 0.25) is 0 Å². The van der Waals surface area contributed by atoms with Gasteiger partial charge in [0.1, 0.15) is 6.10 Å². The van der Waals surface area contributed by atoms with E-state index in [0.717, 1.165) is 11.1 Å². The lowest BCUT2D eigenvalue weighted by Crippen LogP contribution is -2.42. The lowest BCUT2D eigenvalue weighted by molar-refractivity contribution is -0.0228. The van der Waals surface area contributed by atoms with Gasteiger partial charge in [0.05, 0.1) is 18.7 Å². The SMILES string of the molecule is O=C(c1cnc(-c2cccnc2)nc1)N1CCO[C@@H](c2ccccc2)C1. The van der Waals surface area contributed by atoms with Crippen molar-refractivity contribution in [2.24, 2.45) is 0 Å². The normalized spacial score (nSPS) is 17.1. The van der Waals surface area contributed by atoms with Gasteiger partial charge in [-0.15, -0.1) is 0 Å². The highest BCUT2D eigenvalue weighted by Crippen LogP contribution is 2.23. The van der Waals surface area contributed by atoms with Gasteiger partial charge in [-0.05, 0) is 17.7 Å². The second-order valence-corrected chi connectivity index (χ2v) is 6.06. The monoisotopic (exact) mass is 346 g/mol. The number of rotatable bonds is 3. The summed E-state index contributed by atoms with van der Waals surface area (Å²) < 4.78 is 5.83. The summed E-state index contributed by atoms with van der Waals surface area (Å²) in [6, 6.07) is 13.7. The quantitative estimate of drug-likeness (QED) is 0.729. The van der Waals surface area contributed by atoms with Crippen LogP contribution < -0.4 is 0 Å². The molecule has 1 aliphatic heterocycles. The van der Waals surface area contributed by atoms with Gasteiger partial charge in [0.15, 0.2) is 5.82 Å². The average Bonchev–Trinajstić information content (AvgIpc) is 2.75. The number of morpholine rings is 1. The molecular formula is C20H18N4O2. The van der Waals surface area contributed by atoms with Crippen molar-refractivity contribution >= 4 is 5.91 Å². The molecule has 26 heavy (non-hydrogen) atoms. The Hall–Kier alpha value is -3.12. The number of benzene rings is 1. The number of pyridine rings is 1. The summed E-state index contributed by atoms with van der Waals surface area (Å²) >= 11 is 0. The molecular weight excluding hydrogens is 328 g/mol. The highest BCUT2D eigenvalue weighted by Gasteiger charge is 2.26. The Bertz CT molecular complexity index is 869. The lowest BCUT2D eigenvalue weighted by Gasteiger charge is -2.33. The van der Waals surface area contributed by atoms with Crippen LogP contribution in [0, 0.1) is 0 Å². The molecule has 1 amide bonds. The summed E-state index contributed by atoms with van der Waals surface area (Å²) in [7, 11) is 0. The molecule has 1 aliphatic rings. The molecule has 3 heterocycles. The van der Waals surface area contributed by atoms with Crippen molar-refractivity contribution in [1.29, 1.82) is 0 Å². The first-order valence-electron chi connectivity index (χ1n) is 8.49. The predicted octanol–water partition coefficient (Wildman–Crippen LogP) is 2.75. The molecule has 2 aromatic heterocycles. The minimum Gasteiger partial charge on any atom is -0.370 e. The number of hydrogen-bond donors (Lipinski definition) is 0. The first-order valence-corrected chi connectivity index (χ1v) is 8.49. The number of ether oxygens (including phenoxy) is 1. The second-order valence-electron chi connectivity index (χ2n) is 6.06. The Kier molecular flexibility index (Phi) is 4.66. The van der Waals surface area contributed by atoms with Crippen LogP contribution in [0.2, 0.25) is 0 Å². The molecule has 3 aromatic rings. The van der Waals surface area contributed by atoms with Crippen molar-refractivity contribution in [1.82, 2.24) is 19.9 Å². The third kappa shape index (κ3) is 3.45. The van der Waals surface area contributed by atoms with Crippen LogP contribution in [0.25, 0.3) is 11.4 Å². The summed E-state index contributed by atoms with van der Waals surface area (Å²) in [5.41, 5.74) is 2.38. The van der Waals surface area contributed by atoms with Crippen LogP contribution in [-0.2, 0) is 4.74 Å². The van der Waals surface area contributed by atoms with E-state index in [1.165, 1.54) is 0 Å². The van der Waals surface area contributed by atoms with Gasteiger partial charge < -0.3 is 9.64 Å². The molecule has 0 N–H and O–H groups in total. The van der Waals surface area contributed by atoms with Gasteiger partial charge in [-0.25, -0.2) is 9.97 Å². The first kappa shape index (κ1) is 16.4. The van der Waals surface area contributed by atoms with Gasteiger partial charge in [-0.3, -0.25) is 9.78 Å². The predicted molar refractivity (Wildman–Crippen MR) is 96.3 cm³/mol. The molecule has 0 spiro atoms. The molecule has 4 rings (SSSR count). The summed E-state index contributed by atoms with van der Waals surface area (Å²) in [5.74, 6) is 0.478. The Balaban J connectivity index is 1.48. The highest BCUT2D eigenvalue weighted by molar-refractivity contribution is 5.93. The average molecular weight is 346 g/mol. The molecule has 6 nitrogen and oxygen atoms in total. The summed E-state index contributed by atoms with van der Waals surface area (Å²) in [6.45, 7) is 1.60. The molecule has 1 fully saturated rings. The fraction of sp³-hybridized carbons (Fsp3) is 0.200. The maximum Gasteiger partial charge on any atom is 0.257 e. The van der Waals surface area contributed by atoms with Gasteiger partial charge in [-0.2, -0.15) is 0 Å². The van der Waals surface area contributed by atoms with Crippen molar-refractivity contribution in [3.63, 3.8) is 0 Å². The van der Waals surface area contributed by atoms with E-state index < -0.39 is 0 Å². The lowest BCUT2D eigenvalue weighted by atomic mass is 10.1. The van der Waals surface area contributed by atoms with Crippen LogP contribution in [-0.4, -0.2) is 45.5 Å². The van der Waals surface area contributed by atoms with E-state index in [9.17, 15) is 4.79 Å². The molecule has 1 saturated heterocycles. The third-order valence-electron chi connectivity index (χ3n) is 4.34. The van der Waals surface area contributed by atoms with Gasteiger partial charge in [0, 0.05) is 36.9 Å². The Morgan fingerprint density at radius 1 is 1.04 bits per heavy atom. The zero-order chi connectivity index (χ0) is 17.8. The van der Waals surface area contributed by atoms with Gasteiger partial charge in [0.25, 0.3) is 5.91 Å². The second kappa shape index (κ2) is 7.41. The summed E-state index contributed by atoms with van der Waals surface area (Å²) in [4.78, 5) is 27.3. The molecule has 130 valence electrons. The molecule has 0 unspecified atom stereocenters. The van der Waals surface area contributed by atoms with Crippen LogP contribution in [0.1, 0.15) is 22.0 Å². The van der Waals surface area contributed by atoms with Crippen LogP contribution in [0.3, 0.4) is 0 Å².